The third-order valence-corrected chi connectivity index (χ3v) is 4.28. The van der Waals surface area contributed by atoms with E-state index < -0.39 is 0 Å². The Bertz CT molecular complexity index is 725. The molecule has 0 spiro atoms. The van der Waals surface area contributed by atoms with Gasteiger partial charge in [-0.15, -0.1) is 0 Å². The van der Waals surface area contributed by atoms with Crippen LogP contribution in [0.4, 0.5) is 0 Å². The van der Waals surface area contributed by atoms with Crippen molar-refractivity contribution in [3.8, 4) is 11.5 Å². The van der Waals surface area contributed by atoms with E-state index in [0.29, 0.717) is 24.6 Å². The van der Waals surface area contributed by atoms with E-state index in [-0.39, 0.29) is 5.91 Å². The molecule has 0 heterocycles. The fourth-order valence-corrected chi connectivity index (χ4v) is 2.76. The number of ether oxygens (including phenoxy) is 2. The molecular weight excluding hydrogens is 326 g/mol. The normalized spacial score (nSPS) is 10.7. The van der Waals surface area contributed by atoms with Crippen molar-refractivity contribution in [1.29, 1.82) is 0 Å². The molecule has 0 aliphatic heterocycles. The molecule has 0 aromatic heterocycles. The van der Waals surface area contributed by atoms with Crippen molar-refractivity contribution in [2.45, 2.75) is 46.1 Å². The summed E-state index contributed by atoms with van der Waals surface area (Å²) in [6.07, 6.45) is 2.03. The largest absolute Gasteiger partial charge is 0.496 e. The molecule has 1 amide bonds. The highest BCUT2D eigenvalue weighted by molar-refractivity contribution is 5.94. The van der Waals surface area contributed by atoms with E-state index in [0.717, 1.165) is 29.9 Å². The Balaban J connectivity index is 2.15. The van der Waals surface area contributed by atoms with Crippen molar-refractivity contribution in [3.05, 3.63) is 59.2 Å². The van der Waals surface area contributed by atoms with Crippen molar-refractivity contribution in [1.82, 2.24) is 5.32 Å². The Morgan fingerprint density at radius 1 is 1.12 bits per heavy atom. The minimum absolute atomic E-state index is 0.0649. The van der Waals surface area contributed by atoms with Crippen molar-refractivity contribution >= 4 is 5.91 Å². The number of unbranched alkanes of at least 4 members (excludes halogenated alkanes) is 1. The summed E-state index contributed by atoms with van der Waals surface area (Å²) in [6.45, 7) is 7.43. The first-order valence-corrected chi connectivity index (χ1v) is 9.23. The van der Waals surface area contributed by atoms with Crippen LogP contribution in [0, 0.1) is 0 Å². The maximum Gasteiger partial charge on any atom is 0.251 e. The zero-order chi connectivity index (χ0) is 18.9. The second kappa shape index (κ2) is 9.85. The lowest BCUT2D eigenvalue weighted by Crippen LogP contribution is -2.24. The summed E-state index contributed by atoms with van der Waals surface area (Å²) in [6, 6.07) is 13.5. The zero-order valence-corrected chi connectivity index (χ0v) is 16.2. The third kappa shape index (κ3) is 5.25. The molecule has 4 heteroatoms. The summed E-state index contributed by atoms with van der Waals surface area (Å²) in [7, 11) is 1.63. The van der Waals surface area contributed by atoms with E-state index in [1.165, 1.54) is 5.56 Å². The summed E-state index contributed by atoms with van der Waals surface area (Å²) < 4.78 is 11.5. The number of amides is 1. The molecule has 0 aliphatic carbocycles. The van der Waals surface area contributed by atoms with E-state index >= 15 is 0 Å². The first-order chi connectivity index (χ1) is 12.6. The van der Waals surface area contributed by atoms with Crippen LogP contribution in [-0.2, 0) is 6.61 Å². The molecule has 2 aromatic rings. The molecule has 0 saturated carbocycles. The van der Waals surface area contributed by atoms with Gasteiger partial charge in [-0.25, -0.2) is 0 Å². The second-order valence-electron chi connectivity index (χ2n) is 6.62. The molecule has 0 fully saturated rings. The topological polar surface area (TPSA) is 47.6 Å². The molecule has 0 radical (unpaired) electrons. The average Bonchev–Trinajstić information content (AvgIpc) is 2.66. The number of carbonyl (C=O) groups excluding carboxylic acids is 1. The van der Waals surface area contributed by atoms with Gasteiger partial charge in [0.1, 0.15) is 18.1 Å². The summed E-state index contributed by atoms with van der Waals surface area (Å²) >= 11 is 0. The monoisotopic (exact) mass is 355 g/mol. The minimum Gasteiger partial charge on any atom is -0.496 e. The van der Waals surface area contributed by atoms with Crippen LogP contribution < -0.4 is 14.8 Å². The number of carbonyl (C=O) groups is 1. The number of hydrogen-bond donors (Lipinski definition) is 1. The van der Waals surface area contributed by atoms with Crippen LogP contribution in [0.15, 0.2) is 42.5 Å². The standard InChI is InChI=1S/C22H29NO3/c1-5-6-13-23-22(24)17-11-12-20(25-4)18(14-17)15-26-21-10-8-7-9-19(21)16(2)3/h7-12,14,16H,5-6,13,15H2,1-4H3,(H,23,24). The van der Waals surface area contributed by atoms with E-state index in [9.17, 15) is 4.79 Å². The quantitative estimate of drug-likeness (QED) is 0.649. The van der Waals surface area contributed by atoms with Gasteiger partial charge in [0.15, 0.2) is 0 Å². The highest BCUT2D eigenvalue weighted by Crippen LogP contribution is 2.28. The lowest BCUT2D eigenvalue weighted by Gasteiger charge is -2.16. The van der Waals surface area contributed by atoms with Gasteiger partial charge in [0, 0.05) is 17.7 Å². The van der Waals surface area contributed by atoms with Crippen LogP contribution in [0.2, 0.25) is 0 Å². The Kier molecular flexibility index (Phi) is 7.52. The molecular formula is C22H29NO3. The molecule has 26 heavy (non-hydrogen) atoms. The van der Waals surface area contributed by atoms with Gasteiger partial charge >= 0.3 is 0 Å². The lowest BCUT2D eigenvalue weighted by molar-refractivity contribution is 0.0953. The van der Waals surface area contributed by atoms with E-state index in [4.69, 9.17) is 9.47 Å². The molecule has 1 N–H and O–H groups in total. The van der Waals surface area contributed by atoms with Gasteiger partial charge < -0.3 is 14.8 Å². The van der Waals surface area contributed by atoms with Crippen molar-refractivity contribution in [3.63, 3.8) is 0 Å². The Morgan fingerprint density at radius 2 is 1.88 bits per heavy atom. The first kappa shape index (κ1) is 19.8. The van der Waals surface area contributed by atoms with Gasteiger partial charge in [0.05, 0.1) is 7.11 Å². The summed E-state index contributed by atoms with van der Waals surface area (Å²) in [5.74, 6) is 1.90. The number of hydrogen-bond acceptors (Lipinski definition) is 3. The van der Waals surface area contributed by atoms with Crippen molar-refractivity contribution in [2.75, 3.05) is 13.7 Å². The fourth-order valence-electron chi connectivity index (χ4n) is 2.76. The SMILES string of the molecule is CCCCNC(=O)c1ccc(OC)c(COc2ccccc2C(C)C)c1. The maximum absolute atomic E-state index is 12.3. The summed E-state index contributed by atoms with van der Waals surface area (Å²) in [5, 5.41) is 2.94. The van der Waals surface area contributed by atoms with Crippen LogP contribution in [0.25, 0.3) is 0 Å². The molecule has 0 atom stereocenters. The average molecular weight is 355 g/mol. The van der Waals surface area contributed by atoms with Crippen LogP contribution in [0.1, 0.15) is 61.0 Å². The molecule has 4 nitrogen and oxygen atoms in total. The van der Waals surface area contributed by atoms with E-state index in [1.807, 2.05) is 30.3 Å². The van der Waals surface area contributed by atoms with Crippen molar-refractivity contribution in [2.24, 2.45) is 0 Å². The van der Waals surface area contributed by atoms with Gasteiger partial charge in [-0.05, 0) is 42.2 Å². The highest BCUT2D eigenvalue weighted by Gasteiger charge is 2.12. The van der Waals surface area contributed by atoms with E-state index in [1.54, 1.807) is 13.2 Å². The summed E-state index contributed by atoms with van der Waals surface area (Å²) in [5.41, 5.74) is 2.65. The third-order valence-electron chi connectivity index (χ3n) is 4.28. The van der Waals surface area contributed by atoms with Gasteiger partial charge in [-0.2, -0.15) is 0 Å². The maximum atomic E-state index is 12.3. The number of rotatable bonds is 9. The lowest BCUT2D eigenvalue weighted by atomic mass is 10.0. The minimum atomic E-state index is -0.0649. The van der Waals surface area contributed by atoms with Gasteiger partial charge in [0.2, 0.25) is 0 Å². The van der Waals surface area contributed by atoms with Gasteiger partial charge in [0.25, 0.3) is 5.91 Å². The van der Waals surface area contributed by atoms with E-state index in [2.05, 4.69) is 32.2 Å². The van der Waals surface area contributed by atoms with Crippen molar-refractivity contribution < 1.29 is 14.3 Å². The Hall–Kier alpha value is -2.49. The fraction of sp³-hybridized carbons (Fsp3) is 0.409. The molecule has 0 aliphatic rings. The highest BCUT2D eigenvalue weighted by atomic mass is 16.5. The predicted octanol–water partition coefficient (Wildman–Crippen LogP) is 4.93. The Morgan fingerprint density at radius 3 is 2.58 bits per heavy atom. The number of methoxy groups -OCH3 is 1. The van der Waals surface area contributed by atoms with Crippen LogP contribution in [0.3, 0.4) is 0 Å². The first-order valence-electron chi connectivity index (χ1n) is 9.23. The molecule has 0 saturated heterocycles. The van der Waals surface area contributed by atoms with Crippen LogP contribution in [0.5, 0.6) is 11.5 Å². The number of benzene rings is 2. The molecule has 140 valence electrons. The molecule has 0 bridgehead atoms. The number of para-hydroxylation sites is 1. The molecule has 2 rings (SSSR count). The predicted molar refractivity (Wildman–Crippen MR) is 105 cm³/mol. The molecule has 2 aromatic carbocycles. The Labute approximate surface area is 156 Å². The van der Waals surface area contributed by atoms with Gasteiger partial charge in [-0.1, -0.05) is 45.4 Å². The van der Waals surface area contributed by atoms with Gasteiger partial charge in [-0.3, -0.25) is 4.79 Å². The van der Waals surface area contributed by atoms with Crippen LogP contribution in [-0.4, -0.2) is 19.6 Å². The van der Waals surface area contributed by atoms with Crippen LogP contribution >= 0.6 is 0 Å². The number of nitrogens with one attached hydrogen (secondary N) is 1. The molecule has 0 unspecified atom stereocenters. The summed E-state index contributed by atoms with van der Waals surface area (Å²) in [4.78, 5) is 12.3. The second-order valence-corrected chi connectivity index (χ2v) is 6.62. The zero-order valence-electron chi connectivity index (χ0n) is 16.2. The smallest absolute Gasteiger partial charge is 0.251 e.